The van der Waals surface area contributed by atoms with Gasteiger partial charge in [0.1, 0.15) is 0 Å². The summed E-state index contributed by atoms with van der Waals surface area (Å²) in [6, 6.07) is 12.9. The quantitative estimate of drug-likeness (QED) is 0.743. The van der Waals surface area contributed by atoms with Crippen molar-refractivity contribution in [1.82, 2.24) is 4.31 Å². The van der Waals surface area contributed by atoms with Gasteiger partial charge < -0.3 is 10.2 Å². The van der Waals surface area contributed by atoms with Crippen LogP contribution < -0.4 is 10.2 Å². The lowest BCUT2D eigenvalue weighted by molar-refractivity contribution is -0.123. The number of hydrogen-bond donors (Lipinski definition) is 1. The van der Waals surface area contributed by atoms with Gasteiger partial charge in [0.25, 0.3) is 0 Å². The third-order valence-electron chi connectivity index (χ3n) is 6.48. The molecule has 2 aromatic carbocycles. The lowest BCUT2D eigenvalue weighted by atomic mass is 9.96. The summed E-state index contributed by atoms with van der Waals surface area (Å²) in [5, 5.41) is 2.59. The summed E-state index contributed by atoms with van der Waals surface area (Å²) in [7, 11) is -3.70. The maximum atomic E-state index is 13.2. The molecule has 1 N–H and O–H groups in total. The first kappa shape index (κ1) is 21.5. The van der Waals surface area contributed by atoms with E-state index >= 15 is 0 Å². The van der Waals surface area contributed by atoms with Crippen molar-refractivity contribution < 1.29 is 18.0 Å². The number of amides is 2. The van der Waals surface area contributed by atoms with Crippen molar-refractivity contribution in [2.45, 2.75) is 41.2 Å². The van der Waals surface area contributed by atoms with Crippen LogP contribution in [0.5, 0.6) is 0 Å². The number of carbonyl (C=O) groups is 2. The van der Waals surface area contributed by atoms with E-state index in [0.29, 0.717) is 38.2 Å². The van der Waals surface area contributed by atoms with Crippen LogP contribution in [0.15, 0.2) is 52.3 Å². The molecule has 32 heavy (non-hydrogen) atoms. The van der Waals surface area contributed by atoms with Crippen LogP contribution >= 0.6 is 11.8 Å². The van der Waals surface area contributed by atoms with Crippen molar-refractivity contribution >= 4 is 45.0 Å². The molecule has 9 heteroatoms. The lowest BCUT2D eigenvalue weighted by Crippen LogP contribution is -2.44. The van der Waals surface area contributed by atoms with Crippen molar-refractivity contribution in [3.63, 3.8) is 0 Å². The number of nitrogens with zero attached hydrogens (tertiary/aromatic N) is 2. The highest BCUT2D eigenvalue weighted by Crippen LogP contribution is 2.38. The average molecular weight is 472 g/mol. The number of piperidine rings is 1. The predicted octanol–water partition coefficient (Wildman–Crippen LogP) is 3.11. The minimum absolute atomic E-state index is 0.0923. The van der Waals surface area contributed by atoms with E-state index < -0.39 is 10.0 Å². The van der Waals surface area contributed by atoms with Gasteiger partial charge in [-0.2, -0.15) is 4.31 Å². The molecule has 0 saturated carbocycles. The highest BCUT2D eigenvalue weighted by molar-refractivity contribution is 8.01. The van der Waals surface area contributed by atoms with Crippen LogP contribution in [0.25, 0.3) is 0 Å². The first-order valence-corrected chi connectivity index (χ1v) is 13.2. The molecule has 1 atom stereocenters. The largest absolute Gasteiger partial charge is 0.324 e. The van der Waals surface area contributed by atoms with Gasteiger partial charge in [-0.25, -0.2) is 8.42 Å². The fourth-order valence-electron chi connectivity index (χ4n) is 4.63. The van der Waals surface area contributed by atoms with Crippen molar-refractivity contribution in [3.8, 4) is 0 Å². The molecule has 0 spiro atoms. The van der Waals surface area contributed by atoms with E-state index in [2.05, 4.69) is 11.4 Å². The monoisotopic (exact) mass is 471 g/mol. The number of fused-ring (bicyclic) bond motifs is 2. The van der Waals surface area contributed by atoms with Crippen molar-refractivity contribution in [1.29, 1.82) is 0 Å². The number of sulfonamides is 1. The number of carbonyl (C=O) groups excluding carboxylic acids is 2. The Bertz CT molecular complexity index is 1190. The standard InChI is InChI=1S/C23H25N3O4S2/c1-15-22(27)24-19-14-18(6-7-21(19)31-15)32(29,30)25-11-8-17(9-12-25)23(28)26-13-10-16-4-2-3-5-20(16)26/h2-7,14-15,17H,8-13H2,1H3,(H,24,27). The Hall–Kier alpha value is -2.36. The van der Waals surface area contributed by atoms with E-state index in [1.54, 1.807) is 18.2 Å². The highest BCUT2D eigenvalue weighted by atomic mass is 32.2. The fourth-order valence-corrected chi connectivity index (χ4v) is 7.05. The molecule has 0 bridgehead atoms. The Kier molecular flexibility index (Phi) is 5.51. The molecule has 3 heterocycles. The molecule has 1 fully saturated rings. The van der Waals surface area contributed by atoms with Gasteiger partial charge in [0.15, 0.2) is 0 Å². The number of para-hydroxylation sites is 1. The van der Waals surface area contributed by atoms with E-state index in [1.165, 1.54) is 21.6 Å². The lowest BCUT2D eigenvalue weighted by Gasteiger charge is -2.33. The Morgan fingerprint density at radius 3 is 2.62 bits per heavy atom. The number of nitrogens with one attached hydrogen (secondary N) is 1. The van der Waals surface area contributed by atoms with Gasteiger partial charge in [-0.05, 0) is 56.0 Å². The minimum Gasteiger partial charge on any atom is -0.324 e. The normalized spacial score (nSPS) is 21.7. The SMILES string of the molecule is CC1Sc2ccc(S(=O)(=O)N3CCC(C(=O)N4CCc5ccccc54)CC3)cc2NC1=O. The van der Waals surface area contributed by atoms with Crippen LogP contribution in [0.1, 0.15) is 25.3 Å². The third-order valence-corrected chi connectivity index (χ3v) is 9.55. The number of anilines is 2. The second kappa shape index (κ2) is 8.20. The zero-order chi connectivity index (χ0) is 22.5. The van der Waals surface area contributed by atoms with Crippen LogP contribution in [-0.2, 0) is 26.0 Å². The molecule has 3 aliphatic rings. The van der Waals surface area contributed by atoms with Gasteiger partial charge in [-0.15, -0.1) is 11.8 Å². The summed E-state index contributed by atoms with van der Waals surface area (Å²) in [6.07, 6.45) is 1.87. The summed E-state index contributed by atoms with van der Waals surface area (Å²) >= 11 is 1.42. The van der Waals surface area contributed by atoms with E-state index in [9.17, 15) is 18.0 Å². The zero-order valence-electron chi connectivity index (χ0n) is 17.8. The van der Waals surface area contributed by atoms with E-state index in [1.807, 2.05) is 30.0 Å². The molecule has 0 aliphatic carbocycles. The van der Waals surface area contributed by atoms with Crippen molar-refractivity contribution in [2.24, 2.45) is 5.92 Å². The summed E-state index contributed by atoms with van der Waals surface area (Å²) in [5.41, 5.74) is 2.71. The molecule has 0 aromatic heterocycles. The molecule has 168 valence electrons. The van der Waals surface area contributed by atoms with Gasteiger partial charge in [-0.3, -0.25) is 9.59 Å². The molecule has 3 aliphatic heterocycles. The van der Waals surface area contributed by atoms with Gasteiger partial charge in [0.2, 0.25) is 21.8 Å². The molecule has 2 aromatic rings. The molecule has 7 nitrogen and oxygen atoms in total. The van der Waals surface area contributed by atoms with E-state index in [-0.39, 0.29) is 27.9 Å². The maximum Gasteiger partial charge on any atom is 0.243 e. The smallest absolute Gasteiger partial charge is 0.243 e. The zero-order valence-corrected chi connectivity index (χ0v) is 19.4. The molecule has 0 radical (unpaired) electrons. The van der Waals surface area contributed by atoms with Crippen LogP contribution in [0, 0.1) is 5.92 Å². The summed E-state index contributed by atoms with van der Waals surface area (Å²) in [4.78, 5) is 28.0. The van der Waals surface area contributed by atoms with Crippen LogP contribution in [-0.4, -0.2) is 49.4 Å². The predicted molar refractivity (Wildman–Crippen MR) is 124 cm³/mol. The second-order valence-corrected chi connectivity index (χ2v) is 11.8. The molecule has 1 saturated heterocycles. The number of thioether (sulfide) groups is 1. The fraction of sp³-hybridized carbons (Fsp3) is 0.391. The van der Waals surface area contributed by atoms with Gasteiger partial charge >= 0.3 is 0 Å². The van der Waals surface area contributed by atoms with E-state index in [4.69, 9.17) is 0 Å². The topological polar surface area (TPSA) is 86.8 Å². The second-order valence-electron chi connectivity index (χ2n) is 8.45. The first-order valence-electron chi connectivity index (χ1n) is 10.9. The first-order chi connectivity index (χ1) is 15.3. The van der Waals surface area contributed by atoms with E-state index in [0.717, 1.165) is 17.0 Å². The Balaban J connectivity index is 1.28. The van der Waals surface area contributed by atoms with Crippen LogP contribution in [0.3, 0.4) is 0 Å². The Morgan fingerprint density at radius 1 is 1.09 bits per heavy atom. The highest BCUT2D eigenvalue weighted by Gasteiger charge is 2.36. The van der Waals surface area contributed by atoms with Crippen molar-refractivity contribution in [3.05, 3.63) is 48.0 Å². The molecule has 1 unspecified atom stereocenters. The molecule has 2 amide bonds. The molecular weight excluding hydrogens is 446 g/mol. The summed E-state index contributed by atoms with van der Waals surface area (Å²) < 4.78 is 27.9. The summed E-state index contributed by atoms with van der Waals surface area (Å²) in [5.74, 6) is -0.206. The van der Waals surface area contributed by atoms with Gasteiger partial charge in [0.05, 0.1) is 15.8 Å². The van der Waals surface area contributed by atoms with Gasteiger partial charge in [-0.1, -0.05) is 18.2 Å². The van der Waals surface area contributed by atoms with Crippen LogP contribution in [0.4, 0.5) is 11.4 Å². The average Bonchev–Trinajstić information content (AvgIpc) is 3.23. The molecule has 5 rings (SSSR count). The van der Waals surface area contributed by atoms with Gasteiger partial charge in [0, 0.05) is 36.1 Å². The number of hydrogen-bond acceptors (Lipinski definition) is 5. The third kappa shape index (κ3) is 3.72. The minimum atomic E-state index is -3.70. The molecular formula is C23H25N3O4S2. The van der Waals surface area contributed by atoms with Crippen molar-refractivity contribution in [2.75, 3.05) is 29.9 Å². The Morgan fingerprint density at radius 2 is 1.84 bits per heavy atom. The summed E-state index contributed by atoms with van der Waals surface area (Å²) in [6.45, 7) is 3.13. The number of rotatable bonds is 3. The number of benzene rings is 2. The van der Waals surface area contributed by atoms with Crippen LogP contribution in [0.2, 0.25) is 0 Å². The Labute approximate surface area is 192 Å². The maximum absolute atomic E-state index is 13.2.